The summed E-state index contributed by atoms with van der Waals surface area (Å²) in [5.41, 5.74) is -0.0299. The highest BCUT2D eigenvalue weighted by Gasteiger charge is 2.51. The maximum Gasteiger partial charge on any atom is 0.419 e. The number of aromatic nitrogens is 3. The molecule has 164 valence electrons. The second-order valence-corrected chi connectivity index (χ2v) is 12.1. The van der Waals surface area contributed by atoms with Gasteiger partial charge in [-0.2, -0.15) is 13.2 Å². The molecule has 10 heteroatoms. The van der Waals surface area contributed by atoms with Crippen molar-refractivity contribution in [3.05, 3.63) is 36.2 Å². The number of hydrogen-bond donors (Lipinski definition) is 3. The van der Waals surface area contributed by atoms with Gasteiger partial charge in [-0.1, -0.05) is 12.1 Å². The molecule has 1 spiro atoms. The van der Waals surface area contributed by atoms with Gasteiger partial charge in [-0.3, -0.25) is 0 Å². The monoisotopic (exact) mass is 449 g/mol. The van der Waals surface area contributed by atoms with E-state index in [1.54, 1.807) is 31.5 Å². The average molecular weight is 449 g/mol. The van der Waals surface area contributed by atoms with Crippen LogP contribution in [-0.2, 0) is 10.7 Å². The van der Waals surface area contributed by atoms with Crippen molar-refractivity contribution < 1.29 is 17.7 Å². The number of aromatic amines is 1. The Kier molecular flexibility index (Phi) is 4.51. The van der Waals surface area contributed by atoms with E-state index in [0.717, 1.165) is 32.1 Å². The minimum atomic E-state index is -4.60. The third-order valence-electron chi connectivity index (χ3n) is 6.55. The van der Waals surface area contributed by atoms with Gasteiger partial charge in [-0.05, 0) is 32.2 Å². The molecule has 3 N–H and O–H groups in total. The Labute approximate surface area is 177 Å². The van der Waals surface area contributed by atoms with Crippen LogP contribution in [0.15, 0.2) is 30.6 Å². The number of benzene rings is 1. The number of anilines is 1. The fraction of sp³-hybridized carbons (Fsp3) is 0.429. The number of halogens is 3. The highest BCUT2D eigenvalue weighted by atomic mass is 31.2. The van der Waals surface area contributed by atoms with E-state index in [1.165, 1.54) is 6.20 Å². The number of fused-ring (bicyclic) bond motifs is 1. The number of nitrogens with zero attached hydrogens (tertiary/aromatic N) is 2. The molecule has 2 aromatic heterocycles. The van der Waals surface area contributed by atoms with Gasteiger partial charge in [0.2, 0.25) is 5.95 Å². The lowest BCUT2D eigenvalue weighted by atomic mass is 9.60. The van der Waals surface area contributed by atoms with Gasteiger partial charge in [-0.25, -0.2) is 9.97 Å². The van der Waals surface area contributed by atoms with Crippen LogP contribution in [-0.4, -0.2) is 47.4 Å². The lowest BCUT2D eigenvalue weighted by molar-refractivity contribution is -0.137. The molecule has 0 unspecified atom stereocenters. The number of rotatable bonds is 4. The van der Waals surface area contributed by atoms with Crippen LogP contribution < -0.4 is 15.9 Å². The maximum atomic E-state index is 13.8. The van der Waals surface area contributed by atoms with Gasteiger partial charge in [0.1, 0.15) is 12.7 Å². The number of H-pyrrole nitrogens is 1. The summed E-state index contributed by atoms with van der Waals surface area (Å²) < 4.78 is 54.1. The summed E-state index contributed by atoms with van der Waals surface area (Å²) in [7, 11) is -2.63. The minimum Gasteiger partial charge on any atom is -0.360 e. The molecule has 1 aromatic carbocycles. The molecule has 6 nitrogen and oxygen atoms in total. The third kappa shape index (κ3) is 3.34. The number of para-hydroxylation sites is 1. The van der Waals surface area contributed by atoms with E-state index >= 15 is 0 Å². The fourth-order valence-corrected chi connectivity index (χ4v) is 5.76. The normalized spacial score (nSPS) is 20.5. The van der Waals surface area contributed by atoms with Gasteiger partial charge < -0.3 is 20.2 Å². The highest BCUT2D eigenvalue weighted by Crippen LogP contribution is 2.46. The molecule has 2 fully saturated rings. The zero-order valence-electron chi connectivity index (χ0n) is 17.2. The Hall–Kier alpha value is -2.38. The molecule has 5 rings (SSSR count). The Morgan fingerprint density at radius 3 is 2.61 bits per heavy atom. The van der Waals surface area contributed by atoms with Crippen molar-refractivity contribution in [2.24, 2.45) is 5.41 Å². The first-order valence-electron chi connectivity index (χ1n) is 10.2. The molecule has 1 atom stereocenters. The van der Waals surface area contributed by atoms with Crippen LogP contribution in [0.4, 0.5) is 19.1 Å². The first-order chi connectivity index (χ1) is 14.6. The summed E-state index contributed by atoms with van der Waals surface area (Å²) in [4.78, 5) is 11.3. The van der Waals surface area contributed by atoms with E-state index in [-0.39, 0.29) is 23.1 Å². The second kappa shape index (κ2) is 6.81. The molecule has 0 amide bonds. The average Bonchev–Trinajstić information content (AvgIpc) is 3.06. The smallest absolute Gasteiger partial charge is 0.360 e. The molecule has 1 saturated heterocycles. The third-order valence-corrected chi connectivity index (χ3v) is 8.08. The number of alkyl halides is 3. The van der Waals surface area contributed by atoms with Gasteiger partial charge in [-0.15, -0.1) is 0 Å². The molecular weight excluding hydrogens is 426 g/mol. The summed E-state index contributed by atoms with van der Waals surface area (Å²) in [5.74, 6) is 0.195. The second-order valence-electron chi connectivity index (χ2n) is 8.91. The molecule has 3 aromatic rings. The first-order valence-corrected chi connectivity index (χ1v) is 12.8. The molecule has 3 heterocycles. The van der Waals surface area contributed by atoms with Crippen LogP contribution in [0.5, 0.6) is 0 Å². The SMILES string of the molecule is CP(C)(=O)c1cccc2c(-c3nc(N[C@@H]4CCC45CNC5)ncc3C(F)(F)F)c[nH]c12. The van der Waals surface area contributed by atoms with Gasteiger partial charge in [0.25, 0.3) is 0 Å². The Balaban J connectivity index is 1.61. The molecule has 0 bridgehead atoms. The zero-order chi connectivity index (χ0) is 22.0. The van der Waals surface area contributed by atoms with Crippen LogP contribution in [0, 0.1) is 5.41 Å². The van der Waals surface area contributed by atoms with Crippen LogP contribution >= 0.6 is 7.14 Å². The van der Waals surface area contributed by atoms with Crippen LogP contribution in [0.1, 0.15) is 18.4 Å². The van der Waals surface area contributed by atoms with Gasteiger partial charge in [0.05, 0.1) is 11.2 Å². The van der Waals surface area contributed by atoms with Crippen LogP contribution in [0.3, 0.4) is 0 Å². The van der Waals surface area contributed by atoms with Crippen molar-refractivity contribution in [3.8, 4) is 11.3 Å². The van der Waals surface area contributed by atoms with Crippen molar-refractivity contribution in [1.29, 1.82) is 0 Å². The molecule has 1 saturated carbocycles. The van der Waals surface area contributed by atoms with E-state index in [2.05, 4.69) is 25.6 Å². The number of hydrogen-bond acceptors (Lipinski definition) is 5. The Bertz CT molecular complexity index is 1210. The predicted molar refractivity (Wildman–Crippen MR) is 115 cm³/mol. The lowest BCUT2D eigenvalue weighted by Crippen LogP contribution is -2.67. The van der Waals surface area contributed by atoms with Crippen LogP contribution in [0.25, 0.3) is 22.2 Å². The van der Waals surface area contributed by atoms with Crippen molar-refractivity contribution in [2.75, 3.05) is 31.7 Å². The molecule has 2 aliphatic rings. The number of nitrogens with one attached hydrogen (secondary N) is 3. The molecule has 1 aliphatic heterocycles. The van der Waals surface area contributed by atoms with E-state index in [9.17, 15) is 17.7 Å². The first kappa shape index (κ1) is 20.5. The van der Waals surface area contributed by atoms with Gasteiger partial charge in [0.15, 0.2) is 0 Å². The summed E-state index contributed by atoms with van der Waals surface area (Å²) >= 11 is 0. The van der Waals surface area contributed by atoms with Crippen molar-refractivity contribution in [1.82, 2.24) is 20.3 Å². The van der Waals surface area contributed by atoms with Crippen molar-refractivity contribution in [3.63, 3.8) is 0 Å². The van der Waals surface area contributed by atoms with E-state index < -0.39 is 18.9 Å². The molecule has 0 radical (unpaired) electrons. The molecule has 1 aliphatic carbocycles. The zero-order valence-corrected chi connectivity index (χ0v) is 18.1. The summed E-state index contributed by atoms with van der Waals surface area (Å²) in [6, 6.07) is 5.32. The topological polar surface area (TPSA) is 82.7 Å². The van der Waals surface area contributed by atoms with Crippen molar-refractivity contribution >= 4 is 29.3 Å². The summed E-state index contributed by atoms with van der Waals surface area (Å²) in [5, 5.41) is 7.67. The van der Waals surface area contributed by atoms with Gasteiger partial charge >= 0.3 is 6.18 Å². The van der Waals surface area contributed by atoms with E-state index in [1.807, 2.05) is 0 Å². The standard InChI is InChI=1S/C21H23F3N5OP/c1-31(2,30)15-5-3-4-12-13(8-26-18(12)15)17-14(21(22,23)24)9-27-19(29-17)28-16-6-7-20(16)10-25-11-20/h3-5,8-9,16,25-26H,6-7,10-11H2,1-2H3,(H,27,28,29)/t16-/m1/s1. The van der Waals surface area contributed by atoms with E-state index in [0.29, 0.717) is 21.8 Å². The van der Waals surface area contributed by atoms with Gasteiger partial charge in [0, 0.05) is 53.2 Å². The Morgan fingerprint density at radius 1 is 1.26 bits per heavy atom. The van der Waals surface area contributed by atoms with E-state index in [4.69, 9.17) is 0 Å². The summed E-state index contributed by atoms with van der Waals surface area (Å²) in [6.45, 7) is 5.08. The lowest BCUT2D eigenvalue weighted by Gasteiger charge is -2.56. The Morgan fingerprint density at radius 2 is 2.03 bits per heavy atom. The fourth-order valence-electron chi connectivity index (χ4n) is 4.59. The highest BCUT2D eigenvalue weighted by molar-refractivity contribution is 7.70. The quantitative estimate of drug-likeness (QED) is 0.524. The molecule has 31 heavy (non-hydrogen) atoms. The summed E-state index contributed by atoms with van der Waals surface area (Å²) in [6.07, 6.45) is -0.214. The van der Waals surface area contributed by atoms with Crippen molar-refractivity contribution in [2.45, 2.75) is 25.1 Å². The molecular formula is C21H23F3N5OP. The maximum absolute atomic E-state index is 13.8. The predicted octanol–water partition coefficient (Wildman–Crippen LogP) is 4.06. The minimum absolute atomic E-state index is 0.152. The van der Waals surface area contributed by atoms with Crippen LogP contribution in [0.2, 0.25) is 0 Å². The largest absolute Gasteiger partial charge is 0.419 e.